The molecule has 0 saturated heterocycles. The molecule has 1 aromatic carbocycles. The molecule has 1 fully saturated rings. The van der Waals surface area contributed by atoms with Gasteiger partial charge in [0.05, 0.1) is 6.04 Å². The van der Waals surface area contributed by atoms with Crippen LogP contribution in [0.15, 0.2) is 24.3 Å². The third kappa shape index (κ3) is 2.38. The molecular weight excluding hydrogens is 222 g/mol. The van der Waals surface area contributed by atoms with Crippen LogP contribution in [0.1, 0.15) is 38.3 Å². The van der Waals surface area contributed by atoms with Crippen molar-refractivity contribution in [3.05, 3.63) is 34.9 Å². The van der Waals surface area contributed by atoms with Gasteiger partial charge in [0.1, 0.15) is 0 Å². The van der Waals surface area contributed by atoms with Gasteiger partial charge in [-0.05, 0) is 37.5 Å². The summed E-state index contributed by atoms with van der Waals surface area (Å²) in [6.07, 6.45) is 2.01. The van der Waals surface area contributed by atoms with E-state index in [0.717, 1.165) is 23.4 Å². The number of carbonyl (C=O) groups excluding carboxylic acids is 1. The second-order valence-electron chi connectivity index (χ2n) is 4.81. The van der Waals surface area contributed by atoms with Crippen molar-refractivity contribution >= 4 is 17.5 Å². The van der Waals surface area contributed by atoms with Gasteiger partial charge < -0.3 is 5.32 Å². The molecule has 0 heterocycles. The highest BCUT2D eigenvalue weighted by molar-refractivity contribution is 6.30. The van der Waals surface area contributed by atoms with E-state index in [9.17, 15) is 4.79 Å². The molecule has 1 aliphatic rings. The summed E-state index contributed by atoms with van der Waals surface area (Å²) in [6.45, 7) is 4.00. The molecule has 0 bridgehead atoms. The lowest BCUT2D eigenvalue weighted by Crippen LogP contribution is -2.32. The number of benzene rings is 1. The van der Waals surface area contributed by atoms with Crippen LogP contribution in [0.25, 0.3) is 0 Å². The zero-order chi connectivity index (χ0) is 11.8. The highest BCUT2D eigenvalue weighted by Crippen LogP contribution is 2.45. The fourth-order valence-electron chi connectivity index (χ4n) is 1.62. The van der Waals surface area contributed by atoms with E-state index in [0.29, 0.717) is 0 Å². The van der Waals surface area contributed by atoms with Gasteiger partial charge in [-0.3, -0.25) is 4.79 Å². The van der Waals surface area contributed by atoms with E-state index >= 15 is 0 Å². The van der Waals surface area contributed by atoms with Gasteiger partial charge in [-0.25, -0.2) is 0 Å². The molecule has 1 unspecified atom stereocenters. The zero-order valence-electron chi connectivity index (χ0n) is 9.59. The normalized spacial score (nSPS) is 18.9. The summed E-state index contributed by atoms with van der Waals surface area (Å²) in [5.74, 6) is 0.162. The molecule has 1 saturated carbocycles. The van der Waals surface area contributed by atoms with Crippen molar-refractivity contribution in [1.82, 2.24) is 5.32 Å². The minimum absolute atomic E-state index is 0.0437. The Morgan fingerprint density at radius 3 is 2.44 bits per heavy atom. The van der Waals surface area contributed by atoms with Gasteiger partial charge in [0.2, 0.25) is 5.91 Å². The van der Waals surface area contributed by atoms with Gasteiger partial charge in [0, 0.05) is 10.4 Å². The first-order chi connectivity index (χ1) is 7.51. The average molecular weight is 238 g/mol. The maximum atomic E-state index is 11.8. The number of hydrogen-bond donors (Lipinski definition) is 1. The molecule has 0 spiro atoms. The molecule has 2 rings (SSSR count). The number of carbonyl (C=O) groups is 1. The van der Waals surface area contributed by atoms with Crippen LogP contribution in [0.2, 0.25) is 5.02 Å². The Balaban J connectivity index is 2.00. The molecule has 0 aliphatic heterocycles. The van der Waals surface area contributed by atoms with E-state index in [1.54, 1.807) is 0 Å². The topological polar surface area (TPSA) is 29.1 Å². The number of amides is 1. The fourth-order valence-corrected chi connectivity index (χ4v) is 1.75. The van der Waals surface area contributed by atoms with Gasteiger partial charge in [0.25, 0.3) is 0 Å². The highest BCUT2D eigenvalue weighted by Gasteiger charge is 2.45. The first-order valence-electron chi connectivity index (χ1n) is 5.58. The standard InChI is InChI=1S/C13H16ClNO/c1-9(10-3-5-11(14)6-4-10)15-12(16)13(2)7-8-13/h3-6,9H,7-8H2,1-2H3,(H,15,16). The molecule has 1 aromatic rings. The van der Waals surface area contributed by atoms with Crippen LogP contribution >= 0.6 is 11.6 Å². The lowest BCUT2D eigenvalue weighted by atomic mass is 10.1. The van der Waals surface area contributed by atoms with Gasteiger partial charge in [-0.15, -0.1) is 0 Å². The zero-order valence-corrected chi connectivity index (χ0v) is 10.3. The van der Waals surface area contributed by atoms with Crippen molar-refractivity contribution in [1.29, 1.82) is 0 Å². The summed E-state index contributed by atoms with van der Waals surface area (Å²) in [5.41, 5.74) is 0.975. The van der Waals surface area contributed by atoms with Crippen LogP contribution in [0.4, 0.5) is 0 Å². The van der Waals surface area contributed by atoms with E-state index < -0.39 is 0 Å². The number of hydrogen-bond acceptors (Lipinski definition) is 1. The molecule has 3 heteroatoms. The molecule has 86 valence electrons. The van der Waals surface area contributed by atoms with Crippen LogP contribution in [0.5, 0.6) is 0 Å². The van der Waals surface area contributed by atoms with Crippen molar-refractivity contribution in [2.75, 3.05) is 0 Å². The predicted octanol–water partition coefficient (Wildman–Crippen LogP) is 3.32. The van der Waals surface area contributed by atoms with Crippen LogP contribution in [-0.4, -0.2) is 5.91 Å². The van der Waals surface area contributed by atoms with Crippen molar-refractivity contribution in [3.8, 4) is 0 Å². The SMILES string of the molecule is CC(NC(=O)C1(C)CC1)c1ccc(Cl)cc1. The van der Waals surface area contributed by atoms with Crippen LogP contribution < -0.4 is 5.32 Å². The predicted molar refractivity (Wildman–Crippen MR) is 65.4 cm³/mol. The summed E-state index contributed by atoms with van der Waals surface area (Å²) in [5, 5.41) is 3.75. The van der Waals surface area contributed by atoms with Gasteiger partial charge in [-0.2, -0.15) is 0 Å². The molecular formula is C13H16ClNO. The molecule has 1 aliphatic carbocycles. The lowest BCUT2D eigenvalue weighted by Gasteiger charge is -2.17. The third-order valence-electron chi connectivity index (χ3n) is 3.27. The lowest BCUT2D eigenvalue weighted by molar-refractivity contribution is -0.126. The monoisotopic (exact) mass is 237 g/mol. The summed E-state index contributed by atoms with van der Waals surface area (Å²) in [4.78, 5) is 11.8. The van der Waals surface area contributed by atoms with Crippen molar-refractivity contribution < 1.29 is 4.79 Å². The van der Waals surface area contributed by atoms with E-state index in [4.69, 9.17) is 11.6 Å². The Labute approximate surface area is 101 Å². The first-order valence-corrected chi connectivity index (χ1v) is 5.95. The Bertz CT molecular complexity index is 395. The minimum atomic E-state index is -0.110. The quantitative estimate of drug-likeness (QED) is 0.859. The second kappa shape index (κ2) is 4.10. The number of rotatable bonds is 3. The third-order valence-corrected chi connectivity index (χ3v) is 3.52. The Morgan fingerprint density at radius 1 is 1.38 bits per heavy atom. The van der Waals surface area contributed by atoms with Crippen LogP contribution in [0, 0.1) is 5.41 Å². The number of nitrogens with one attached hydrogen (secondary N) is 1. The van der Waals surface area contributed by atoms with Gasteiger partial charge >= 0.3 is 0 Å². The largest absolute Gasteiger partial charge is 0.349 e. The molecule has 2 nitrogen and oxygen atoms in total. The fraction of sp³-hybridized carbons (Fsp3) is 0.462. The number of halogens is 1. The molecule has 0 radical (unpaired) electrons. The Morgan fingerprint density at radius 2 is 1.94 bits per heavy atom. The average Bonchev–Trinajstić information content (AvgIpc) is 2.99. The first kappa shape index (κ1) is 11.5. The van der Waals surface area contributed by atoms with Crippen molar-refractivity contribution in [3.63, 3.8) is 0 Å². The van der Waals surface area contributed by atoms with Crippen LogP contribution in [0.3, 0.4) is 0 Å². The van der Waals surface area contributed by atoms with Gasteiger partial charge in [-0.1, -0.05) is 30.7 Å². The van der Waals surface area contributed by atoms with E-state index in [1.807, 2.05) is 38.1 Å². The molecule has 0 aromatic heterocycles. The van der Waals surface area contributed by atoms with E-state index in [2.05, 4.69) is 5.32 Å². The minimum Gasteiger partial charge on any atom is -0.349 e. The summed E-state index contributed by atoms with van der Waals surface area (Å²) < 4.78 is 0. The maximum absolute atomic E-state index is 11.8. The molecule has 1 atom stereocenters. The summed E-state index contributed by atoms with van der Waals surface area (Å²) in [6, 6.07) is 7.63. The Kier molecular flexibility index (Phi) is 2.94. The summed E-state index contributed by atoms with van der Waals surface area (Å²) >= 11 is 5.82. The van der Waals surface area contributed by atoms with Crippen molar-refractivity contribution in [2.45, 2.75) is 32.7 Å². The molecule has 16 heavy (non-hydrogen) atoms. The van der Waals surface area contributed by atoms with Crippen LogP contribution in [-0.2, 0) is 4.79 Å². The summed E-state index contributed by atoms with van der Waals surface area (Å²) in [7, 11) is 0. The van der Waals surface area contributed by atoms with Gasteiger partial charge in [0.15, 0.2) is 0 Å². The van der Waals surface area contributed by atoms with E-state index in [1.165, 1.54) is 0 Å². The maximum Gasteiger partial charge on any atom is 0.226 e. The van der Waals surface area contributed by atoms with E-state index in [-0.39, 0.29) is 17.4 Å². The highest BCUT2D eigenvalue weighted by atomic mass is 35.5. The van der Waals surface area contributed by atoms with Crippen molar-refractivity contribution in [2.24, 2.45) is 5.41 Å². The second-order valence-corrected chi connectivity index (χ2v) is 5.24. The Hall–Kier alpha value is -1.02. The smallest absolute Gasteiger partial charge is 0.226 e. The molecule has 1 amide bonds. The molecule has 1 N–H and O–H groups in total.